The third-order valence-electron chi connectivity index (χ3n) is 5.80. The van der Waals surface area contributed by atoms with E-state index in [1.165, 1.54) is 26.4 Å². The van der Waals surface area contributed by atoms with E-state index in [4.69, 9.17) is 9.47 Å². The molecule has 0 aromatic heterocycles. The van der Waals surface area contributed by atoms with Gasteiger partial charge in [0, 0.05) is 13.1 Å². The van der Waals surface area contributed by atoms with Crippen molar-refractivity contribution in [3.05, 3.63) is 95.1 Å². The molecule has 0 bridgehead atoms. The summed E-state index contributed by atoms with van der Waals surface area (Å²) in [7, 11) is 4.63. The van der Waals surface area contributed by atoms with Crippen LogP contribution in [0.4, 0.5) is 13.2 Å². The minimum absolute atomic E-state index is 0.222. The third kappa shape index (κ3) is 6.76. The number of aryl methyl sites for hydroxylation is 1. The molecule has 0 aliphatic rings. The fourth-order valence-corrected chi connectivity index (χ4v) is 3.94. The minimum atomic E-state index is -4.41. The number of amides is 1. The van der Waals surface area contributed by atoms with Gasteiger partial charge in [0.15, 0.2) is 11.5 Å². The van der Waals surface area contributed by atoms with Gasteiger partial charge in [-0.1, -0.05) is 54.6 Å². The first-order chi connectivity index (χ1) is 16.8. The van der Waals surface area contributed by atoms with Crippen molar-refractivity contribution in [2.75, 3.05) is 21.3 Å². The number of benzene rings is 3. The lowest BCUT2D eigenvalue weighted by atomic mass is 9.95. The summed E-state index contributed by atoms with van der Waals surface area (Å²) in [5.74, 6) is 0.853. The van der Waals surface area contributed by atoms with Crippen molar-refractivity contribution in [1.82, 2.24) is 10.6 Å². The summed E-state index contributed by atoms with van der Waals surface area (Å²) in [6.07, 6.45) is -3.60. The summed E-state index contributed by atoms with van der Waals surface area (Å²) in [5, 5.41) is 6.10. The molecule has 0 saturated carbocycles. The standard InChI is InChI=1S/C27H29F3N2O3/c1-31-26(33)25(19-9-5-4-6-10-19)32-22(20-13-15-23(34-2)24(17-20)35-3)14-12-18-8-7-11-21(16-18)27(28,29)30/h4-11,13,15-17,22,25,32H,12,14H2,1-3H3,(H,31,33)/t22-,25+/m0/s1. The Morgan fingerprint density at radius 2 is 1.60 bits per heavy atom. The number of hydrogen-bond acceptors (Lipinski definition) is 4. The van der Waals surface area contributed by atoms with E-state index in [0.717, 1.165) is 17.2 Å². The average molecular weight is 487 g/mol. The molecule has 0 fully saturated rings. The minimum Gasteiger partial charge on any atom is -0.493 e. The lowest BCUT2D eigenvalue weighted by molar-refractivity contribution is -0.137. The fourth-order valence-electron chi connectivity index (χ4n) is 3.94. The van der Waals surface area contributed by atoms with Crippen LogP contribution in [0.2, 0.25) is 0 Å². The molecule has 8 heteroatoms. The van der Waals surface area contributed by atoms with E-state index in [1.807, 2.05) is 42.5 Å². The van der Waals surface area contributed by atoms with Crippen LogP contribution in [0.5, 0.6) is 11.5 Å². The first kappa shape index (κ1) is 26.1. The molecule has 2 atom stereocenters. The van der Waals surface area contributed by atoms with Crippen molar-refractivity contribution in [1.29, 1.82) is 0 Å². The molecular formula is C27H29F3N2O3. The van der Waals surface area contributed by atoms with Crippen LogP contribution in [0.3, 0.4) is 0 Å². The molecule has 0 radical (unpaired) electrons. The molecule has 0 saturated heterocycles. The zero-order valence-electron chi connectivity index (χ0n) is 19.9. The molecule has 0 spiro atoms. The highest BCUT2D eigenvalue weighted by Gasteiger charge is 2.30. The Morgan fingerprint density at radius 1 is 0.886 bits per heavy atom. The highest BCUT2D eigenvalue weighted by Crippen LogP contribution is 2.34. The quantitative estimate of drug-likeness (QED) is 0.399. The van der Waals surface area contributed by atoms with Crippen LogP contribution < -0.4 is 20.1 Å². The maximum absolute atomic E-state index is 13.2. The van der Waals surface area contributed by atoms with Crippen molar-refractivity contribution < 1.29 is 27.4 Å². The predicted octanol–water partition coefficient (Wildman–Crippen LogP) is 5.47. The Labute approximate surface area is 203 Å². The lowest BCUT2D eigenvalue weighted by Crippen LogP contribution is -2.38. The average Bonchev–Trinajstić information content (AvgIpc) is 2.88. The number of likely N-dealkylation sites (N-methyl/N-ethyl adjacent to an activating group) is 1. The second-order valence-corrected chi connectivity index (χ2v) is 8.03. The number of methoxy groups -OCH3 is 2. The smallest absolute Gasteiger partial charge is 0.416 e. The van der Waals surface area contributed by atoms with Crippen LogP contribution in [-0.4, -0.2) is 27.2 Å². The van der Waals surface area contributed by atoms with Crippen molar-refractivity contribution in [3.63, 3.8) is 0 Å². The van der Waals surface area contributed by atoms with E-state index in [0.29, 0.717) is 29.9 Å². The first-order valence-corrected chi connectivity index (χ1v) is 11.2. The van der Waals surface area contributed by atoms with Gasteiger partial charge in [0.1, 0.15) is 6.04 Å². The number of carbonyl (C=O) groups excluding carboxylic acids is 1. The molecule has 0 aliphatic carbocycles. The molecular weight excluding hydrogens is 457 g/mol. The maximum Gasteiger partial charge on any atom is 0.416 e. The van der Waals surface area contributed by atoms with Crippen LogP contribution in [0.15, 0.2) is 72.8 Å². The molecule has 3 aromatic rings. The number of hydrogen-bond donors (Lipinski definition) is 2. The van der Waals surface area contributed by atoms with Crippen LogP contribution in [0, 0.1) is 0 Å². The van der Waals surface area contributed by atoms with Gasteiger partial charge >= 0.3 is 6.18 Å². The number of rotatable bonds is 10. The van der Waals surface area contributed by atoms with E-state index < -0.39 is 17.8 Å². The number of nitrogens with one attached hydrogen (secondary N) is 2. The van der Waals surface area contributed by atoms with Gasteiger partial charge in [-0.2, -0.15) is 13.2 Å². The molecule has 5 nitrogen and oxygen atoms in total. The van der Waals surface area contributed by atoms with Gasteiger partial charge in [-0.3, -0.25) is 10.1 Å². The fraction of sp³-hybridized carbons (Fsp3) is 0.296. The second-order valence-electron chi connectivity index (χ2n) is 8.03. The molecule has 2 N–H and O–H groups in total. The van der Waals surface area contributed by atoms with Gasteiger partial charge in [0.2, 0.25) is 5.91 Å². The summed E-state index contributed by atoms with van der Waals surface area (Å²) in [5.41, 5.74) is 1.47. The van der Waals surface area contributed by atoms with Crippen molar-refractivity contribution in [2.24, 2.45) is 0 Å². The van der Waals surface area contributed by atoms with Gasteiger partial charge in [0.25, 0.3) is 0 Å². The van der Waals surface area contributed by atoms with E-state index in [2.05, 4.69) is 10.6 Å². The summed E-state index contributed by atoms with van der Waals surface area (Å²) in [4.78, 5) is 12.8. The Bertz CT molecular complexity index is 1120. The number of alkyl halides is 3. The maximum atomic E-state index is 13.2. The molecule has 35 heavy (non-hydrogen) atoms. The van der Waals surface area contributed by atoms with Gasteiger partial charge in [0.05, 0.1) is 19.8 Å². The molecule has 1 amide bonds. The van der Waals surface area contributed by atoms with Gasteiger partial charge in [-0.05, 0) is 47.7 Å². The van der Waals surface area contributed by atoms with Crippen molar-refractivity contribution in [2.45, 2.75) is 31.1 Å². The van der Waals surface area contributed by atoms with Crippen LogP contribution in [-0.2, 0) is 17.4 Å². The topological polar surface area (TPSA) is 59.6 Å². The molecule has 0 unspecified atom stereocenters. The Hall–Kier alpha value is -3.52. The molecule has 3 rings (SSSR count). The normalized spacial score (nSPS) is 13.1. The summed E-state index contributed by atoms with van der Waals surface area (Å²) >= 11 is 0. The third-order valence-corrected chi connectivity index (χ3v) is 5.80. The van der Waals surface area contributed by atoms with Gasteiger partial charge < -0.3 is 14.8 Å². The number of carbonyl (C=O) groups is 1. The van der Waals surface area contributed by atoms with Crippen LogP contribution in [0.25, 0.3) is 0 Å². The van der Waals surface area contributed by atoms with E-state index in [1.54, 1.807) is 19.2 Å². The second kappa shape index (κ2) is 11.8. The monoisotopic (exact) mass is 486 g/mol. The highest BCUT2D eigenvalue weighted by molar-refractivity contribution is 5.83. The molecule has 186 valence electrons. The Balaban J connectivity index is 1.95. The molecule has 3 aromatic carbocycles. The first-order valence-electron chi connectivity index (χ1n) is 11.2. The predicted molar refractivity (Wildman–Crippen MR) is 128 cm³/mol. The largest absolute Gasteiger partial charge is 0.493 e. The number of ether oxygens (including phenoxy) is 2. The van der Waals surface area contributed by atoms with E-state index in [-0.39, 0.29) is 11.9 Å². The Morgan fingerprint density at radius 3 is 2.23 bits per heavy atom. The highest BCUT2D eigenvalue weighted by atomic mass is 19.4. The summed E-state index contributed by atoms with van der Waals surface area (Å²) in [6, 6.07) is 19.0. The molecule has 0 heterocycles. The van der Waals surface area contributed by atoms with Crippen LogP contribution >= 0.6 is 0 Å². The zero-order chi connectivity index (χ0) is 25.4. The zero-order valence-corrected chi connectivity index (χ0v) is 19.9. The van der Waals surface area contributed by atoms with Gasteiger partial charge in [-0.15, -0.1) is 0 Å². The Kier molecular flexibility index (Phi) is 8.76. The summed E-state index contributed by atoms with van der Waals surface area (Å²) in [6.45, 7) is 0. The SMILES string of the molecule is CNC(=O)[C@H](N[C@@H](CCc1cccc(C(F)(F)F)c1)c1ccc(OC)c(OC)c1)c1ccccc1. The lowest BCUT2D eigenvalue weighted by Gasteiger charge is -2.26. The van der Waals surface area contributed by atoms with Gasteiger partial charge in [-0.25, -0.2) is 0 Å². The van der Waals surface area contributed by atoms with E-state index >= 15 is 0 Å². The van der Waals surface area contributed by atoms with Crippen molar-refractivity contribution >= 4 is 5.91 Å². The summed E-state index contributed by atoms with van der Waals surface area (Å²) < 4.78 is 50.4. The van der Waals surface area contributed by atoms with E-state index in [9.17, 15) is 18.0 Å². The molecule has 0 aliphatic heterocycles. The number of halogens is 3. The van der Waals surface area contributed by atoms with Crippen molar-refractivity contribution in [3.8, 4) is 11.5 Å². The van der Waals surface area contributed by atoms with Crippen LogP contribution in [0.1, 0.15) is 40.8 Å².